The Balaban J connectivity index is 1.18. The van der Waals surface area contributed by atoms with E-state index in [1.165, 1.54) is 11.6 Å². The summed E-state index contributed by atoms with van der Waals surface area (Å²) in [5.74, 6) is 0.0652. The molecule has 1 saturated heterocycles. The summed E-state index contributed by atoms with van der Waals surface area (Å²) < 4.78 is 13.3. The van der Waals surface area contributed by atoms with Crippen LogP contribution in [-0.2, 0) is 37.7 Å². The number of rotatable bonds is 7. The van der Waals surface area contributed by atoms with Gasteiger partial charge in [-0.1, -0.05) is 30.3 Å². The molecule has 3 aliphatic heterocycles. The van der Waals surface area contributed by atoms with Crippen LogP contribution in [0.4, 0.5) is 10.5 Å². The van der Waals surface area contributed by atoms with Crippen molar-refractivity contribution in [3.63, 3.8) is 0 Å². The third-order valence-corrected chi connectivity index (χ3v) is 11.8. The van der Waals surface area contributed by atoms with Crippen LogP contribution in [0.15, 0.2) is 91.0 Å². The van der Waals surface area contributed by atoms with Crippen LogP contribution < -0.4 is 9.64 Å². The number of nitrogens with zero attached hydrogens (tertiary/aromatic N) is 6. The molecule has 3 aliphatic rings. The second-order valence-corrected chi connectivity index (χ2v) is 15.3. The predicted octanol–water partition coefficient (Wildman–Crippen LogP) is 6.31. The highest BCUT2D eigenvalue weighted by Gasteiger charge is 2.35. The first-order chi connectivity index (χ1) is 28.1. The lowest BCUT2D eigenvalue weighted by molar-refractivity contribution is 0.0193. The van der Waals surface area contributed by atoms with Crippen molar-refractivity contribution in [1.82, 2.24) is 19.3 Å². The molecule has 1 atom stereocenters. The highest BCUT2D eigenvalue weighted by molar-refractivity contribution is 6.08. The minimum absolute atomic E-state index is 0.0914. The molecule has 12 heteroatoms. The Hall–Kier alpha value is -6.42. The Morgan fingerprint density at radius 1 is 0.879 bits per heavy atom. The Kier molecular flexibility index (Phi) is 10.7. The minimum Gasteiger partial charge on any atom is -0.508 e. The molecule has 0 bridgehead atoms. The Labute approximate surface area is 338 Å². The number of morpholine rings is 1. The minimum atomic E-state index is -0.533. The number of aromatic hydroxyl groups is 1. The number of aromatic nitrogens is 1. The summed E-state index contributed by atoms with van der Waals surface area (Å²) in [7, 11) is 3.61. The standard InChI is InChI=1S/C46H46N6O6/c1-30-40(44(54)49(3)36-11-13-38(53)14-12-36)25-43(48(30)2)41-23-33-15-16-51(46(56)58-39-10-6-7-31(21-39)26-47)27-35(33)24-42(41)45(55)52-28-34-9-5-4-8-32(34)22-37(52)29-50-17-19-57-20-18-50/h4-14,21,23-25,37,53H,15-20,22,27-29H2,1-3H3/t37-/m0/s1. The molecule has 0 aliphatic carbocycles. The molecule has 0 spiro atoms. The lowest BCUT2D eigenvalue weighted by Gasteiger charge is -2.41. The molecular formula is C46H46N6O6. The first-order valence-corrected chi connectivity index (χ1v) is 19.6. The average molecular weight is 779 g/mol. The van der Waals surface area contributed by atoms with Crippen molar-refractivity contribution in [1.29, 1.82) is 5.26 Å². The SMILES string of the molecule is Cc1c(C(=O)N(C)c2ccc(O)cc2)cc(-c2cc3c(cc2C(=O)N2Cc4ccccc4C[C@H]2CN2CCOCC2)CN(C(=O)Oc2cccc(C#N)c2)CC3)n1C. The fourth-order valence-corrected chi connectivity index (χ4v) is 8.32. The van der Waals surface area contributed by atoms with Gasteiger partial charge in [0.25, 0.3) is 11.8 Å². The summed E-state index contributed by atoms with van der Waals surface area (Å²) in [5.41, 5.74) is 8.41. The summed E-state index contributed by atoms with van der Waals surface area (Å²) in [6.07, 6.45) is 0.715. The molecule has 0 unspecified atom stereocenters. The number of fused-ring (bicyclic) bond motifs is 2. The lowest BCUT2D eigenvalue weighted by Crippen LogP contribution is -2.52. The number of anilines is 1. The van der Waals surface area contributed by atoms with Crippen LogP contribution in [0.5, 0.6) is 11.5 Å². The van der Waals surface area contributed by atoms with Crippen LogP contribution in [0.25, 0.3) is 11.3 Å². The smallest absolute Gasteiger partial charge is 0.415 e. The van der Waals surface area contributed by atoms with E-state index in [1.807, 2.05) is 41.6 Å². The van der Waals surface area contributed by atoms with E-state index in [2.05, 4.69) is 35.2 Å². The second kappa shape index (κ2) is 16.2. The van der Waals surface area contributed by atoms with E-state index in [0.717, 1.165) is 47.6 Å². The van der Waals surface area contributed by atoms with E-state index < -0.39 is 6.09 Å². The quantitative estimate of drug-likeness (QED) is 0.204. The lowest BCUT2D eigenvalue weighted by atomic mass is 9.89. The number of hydrogen-bond donors (Lipinski definition) is 1. The van der Waals surface area contributed by atoms with E-state index in [9.17, 15) is 20.0 Å². The largest absolute Gasteiger partial charge is 0.508 e. The zero-order valence-electron chi connectivity index (χ0n) is 33.0. The summed E-state index contributed by atoms with van der Waals surface area (Å²) in [4.78, 5) is 50.4. The van der Waals surface area contributed by atoms with Gasteiger partial charge in [-0.3, -0.25) is 14.5 Å². The maximum atomic E-state index is 15.4. The Morgan fingerprint density at radius 3 is 2.40 bits per heavy atom. The second-order valence-electron chi connectivity index (χ2n) is 15.3. The van der Waals surface area contributed by atoms with Gasteiger partial charge in [0, 0.05) is 87.6 Å². The van der Waals surface area contributed by atoms with E-state index in [-0.39, 0.29) is 30.2 Å². The van der Waals surface area contributed by atoms with Gasteiger partial charge in [-0.25, -0.2) is 4.79 Å². The van der Waals surface area contributed by atoms with Crippen molar-refractivity contribution < 1.29 is 29.0 Å². The number of amides is 3. The zero-order chi connectivity index (χ0) is 40.5. The van der Waals surface area contributed by atoms with Crippen LogP contribution in [0.3, 0.4) is 0 Å². The number of hydrogen-bond acceptors (Lipinski definition) is 8. The van der Waals surface area contributed by atoms with Crippen molar-refractivity contribution in [2.75, 3.05) is 51.3 Å². The molecule has 12 nitrogen and oxygen atoms in total. The van der Waals surface area contributed by atoms with E-state index in [4.69, 9.17) is 9.47 Å². The summed E-state index contributed by atoms with van der Waals surface area (Å²) in [6.45, 7) is 6.61. The first kappa shape index (κ1) is 38.5. The molecule has 8 rings (SSSR count). The van der Waals surface area contributed by atoms with Crippen LogP contribution in [0.2, 0.25) is 0 Å². The van der Waals surface area contributed by atoms with Gasteiger partial charge in [0.05, 0.1) is 30.4 Å². The maximum absolute atomic E-state index is 15.4. The monoisotopic (exact) mass is 778 g/mol. The van der Waals surface area contributed by atoms with E-state index in [0.29, 0.717) is 73.0 Å². The van der Waals surface area contributed by atoms with Crippen molar-refractivity contribution in [2.24, 2.45) is 7.05 Å². The molecule has 4 heterocycles. The molecule has 0 radical (unpaired) electrons. The molecule has 3 amide bonds. The van der Waals surface area contributed by atoms with Crippen molar-refractivity contribution in [3.05, 3.63) is 136 Å². The molecule has 4 aromatic carbocycles. The molecule has 5 aromatic rings. The van der Waals surface area contributed by atoms with Crippen LogP contribution in [0.1, 0.15) is 54.2 Å². The molecule has 1 aromatic heterocycles. The number of nitriles is 1. The number of phenolic OH excluding ortho intramolecular Hbond substituents is 1. The van der Waals surface area contributed by atoms with Gasteiger partial charge in [-0.05, 0) is 103 Å². The molecule has 296 valence electrons. The van der Waals surface area contributed by atoms with Gasteiger partial charge in [0.1, 0.15) is 11.5 Å². The number of benzene rings is 4. The van der Waals surface area contributed by atoms with E-state index >= 15 is 4.79 Å². The van der Waals surface area contributed by atoms with Gasteiger partial charge in [-0.2, -0.15) is 5.26 Å². The van der Waals surface area contributed by atoms with Crippen molar-refractivity contribution >= 4 is 23.6 Å². The third kappa shape index (κ3) is 7.66. The molecular weight excluding hydrogens is 733 g/mol. The van der Waals surface area contributed by atoms with Gasteiger partial charge in [-0.15, -0.1) is 0 Å². The Morgan fingerprint density at radius 2 is 1.64 bits per heavy atom. The van der Waals surface area contributed by atoms with Gasteiger partial charge in [0.2, 0.25) is 0 Å². The van der Waals surface area contributed by atoms with Gasteiger partial charge in [0.15, 0.2) is 0 Å². The van der Waals surface area contributed by atoms with Crippen LogP contribution >= 0.6 is 0 Å². The molecule has 58 heavy (non-hydrogen) atoms. The molecule has 1 N–H and O–H groups in total. The highest BCUT2D eigenvalue weighted by atomic mass is 16.6. The molecule has 1 fully saturated rings. The highest BCUT2D eigenvalue weighted by Crippen LogP contribution is 2.36. The summed E-state index contributed by atoms with van der Waals surface area (Å²) in [6, 6.07) is 29.1. The van der Waals surface area contributed by atoms with Gasteiger partial charge >= 0.3 is 6.09 Å². The van der Waals surface area contributed by atoms with Gasteiger partial charge < -0.3 is 33.8 Å². The fourth-order valence-electron chi connectivity index (χ4n) is 8.32. The van der Waals surface area contributed by atoms with Crippen LogP contribution in [0, 0.1) is 18.3 Å². The fraction of sp³-hybridized carbons (Fsp3) is 0.304. The number of carbonyl (C=O) groups is 3. The number of carbonyl (C=O) groups excluding carboxylic acids is 3. The first-order valence-electron chi connectivity index (χ1n) is 19.6. The third-order valence-electron chi connectivity index (χ3n) is 11.8. The topological polar surface area (TPSA) is 132 Å². The molecule has 0 saturated carbocycles. The summed E-state index contributed by atoms with van der Waals surface area (Å²) >= 11 is 0. The van der Waals surface area contributed by atoms with Crippen molar-refractivity contribution in [3.8, 4) is 28.8 Å². The Bertz CT molecular complexity index is 2430. The van der Waals surface area contributed by atoms with Crippen molar-refractivity contribution in [2.45, 2.75) is 38.9 Å². The number of phenols is 1. The van der Waals surface area contributed by atoms with Crippen LogP contribution in [-0.4, -0.2) is 94.8 Å². The summed E-state index contributed by atoms with van der Waals surface area (Å²) in [5, 5.41) is 19.2. The average Bonchev–Trinajstić information content (AvgIpc) is 3.55. The zero-order valence-corrected chi connectivity index (χ0v) is 33.0. The van der Waals surface area contributed by atoms with E-state index in [1.54, 1.807) is 59.3 Å². The maximum Gasteiger partial charge on any atom is 0.415 e. The predicted molar refractivity (Wildman–Crippen MR) is 219 cm³/mol. The normalized spacial score (nSPS) is 16.6. The number of ether oxygens (including phenoxy) is 2.